The normalized spacial score (nSPS) is 11.7. The van der Waals surface area contributed by atoms with Gasteiger partial charge in [-0.3, -0.25) is 0 Å². The van der Waals surface area contributed by atoms with Crippen molar-refractivity contribution in [2.24, 2.45) is 0 Å². The van der Waals surface area contributed by atoms with Gasteiger partial charge in [0.15, 0.2) is 0 Å². The molecule has 0 aliphatic carbocycles. The maximum atomic E-state index is 9.49. The number of aryl methyl sites for hydroxylation is 1. The highest BCUT2D eigenvalue weighted by Crippen LogP contribution is 2.12. The fourth-order valence-electron chi connectivity index (χ4n) is 2.08. The number of benzene rings is 1. The van der Waals surface area contributed by atoms with Crippen LogP contribution in [0.1, 0.15) is 16.8 Å². The molecule has 20 heavy (non-hydrogen) atoms. The average molecular weight is 267 g/mol. The van der Waals surface area contributed by atoms with E-state index in [2.05, 4.69) is 16.4 Å². The van der Waals surface area contributed by atoms with Gasteiger partial charge in [-0.05, 0) is 31.0 Å². The van der Waals surface area contributed by atoms with Crippen LogP contribution in [0.5, 0.6) is 0 Å². The lowest BCUT2D eigenvalue weighted by molar-refractivity contribution is 0.273. The van der Waals surface area contributed by atoms with E-state index < -0.39 is 0 Å². The maximum Gasteiger partial charge on any atom is 0.127 e. The van der Waals surface area contributed by atoms with Gasteiger partial charge in [0.25, 0.3) is 0 Å². The Morgan fingerprint density at radius 2 is 2.05 bits per heavy atom. The second-order valence-corrected chi connectivity index (χ2v) is 4.71. The van der Waals surface area contributed by atoms with E-state index >= 15 is 0 Å². The van der Waals surface area contributed by atoms with Crippen molar-refractivity contribution in [2.45, 2.75) is 19.4 Å². The molecule has 2 N–H and O–H groups in total. The number of hydrogen-bond donors (Lipinski definition) is 2. The summed E-state index contributed by atoms with van der Waals surface area (Å²) in [5.74, 6) is 0.622. The van der Waals surface area contributed by atoms with Crippen LogP contribution in [0, 0.1) is 18.3 Å². The van der Waals surface area contributed by atoms with Crippen molar-refractivity contribution in [3.05, 3.63) is 59.3 Å². The van der Waals surface area contributed by atoms with E-state index in [0.717, 1.165) is 11.3 Å². The van der Waals surface area contributed by atoms with Crippen molar-refractivity contribution in [2.75, 3.05) is 11.9 Å². The number of rotatable bonds is 5. The van der Waals surface area contributed by atoms with Crippen molar-refractivity contribution < 1.29 is 5.11 Å². The Bertz CT molecular complexity index is 605. The minimum Gasteiger partial charge on any atom is -0.394 e. The number of aliphatic hydroxyl groups excluding tert-OH is 1. The molecule has 1 aromatic carbocycles. The summed E-state index contributed by atoms with van der Waals surface area (Å²) in [4.78, 5) is 4.34. The number of pyridine rings is 1. The molecule has 0 radical (unpaired) electrons. The lowest BCUT2D eigenvalue weighted by Gasteiger charge is -2.17. The molecular formula is C16H17N3O. The van der Waals surface area contributed by atoms with Gasteiger partial charge in [0.05, 0.1) is 24.3 Å². The van der Waals surface area contributed by atoms with Crippen LogP contribution >= 0.6 is 0 Å². The summed E-state index contributed by atoms with van der Waals surface area (Å²) in [5, 5.41) is 21.6. The minimum absolute atomic E-state index is 0.00635. The van der Waals surface area contributed by atoms with Gasteiger partial charge in [-0.2, -0.15) is 5.26 Å². The third kappa shape index (κ3) is 3.81. The van der Waals surface area contributed by atoms with E-state index in [1.165, 1.54) is 0 Å². The smallest absolute Gasteiger partial charge is 0.127 e. The zero-order valence-corrected chi connectivity index (χ0v) is 11.4. The number of anilines is 1. The SMILES string of the molecule is Cc1cc(C#N)cc(NC(CO)Cc2ccccc2)n1. The molecule has 1 atom stereocenters. The Morgan fingerprint density at radius 1 is 1.30 bits per heavy atom. The predicted octanol–water partition coefficient (Wildman–Crippen LogP) is 2.28. The third-order valence-corrected chi connectivity index (χ3v) is 2.98. The zero-order chi connectivity index (χ0) is 14.4. The van der Waals surface area contributed by atoms with Crippen LogP contribution < -0.4 is 5.32 Å². The predicted molar refractivity (Wildman–Crippen MR) is 78.3 cm³/mol. The molecule has 1 aromatic heterocycles. The van der Waals surface area contributed by atoms with Gasteiger partial charge in [-0.15, -0.1) is 0 Å². The highest BCUT2D eigenvalue weighted by Gasteiger charge is 2.10. The first-order valence-corrected chi connectivity index (χ1v) is 6.51. The molecule has 0 aliphatic rings. The van der Waals surface area contributed by atoms with Crippen molar-refractivity contribution in [3.63, 3.8) is 0 Å². The second-order valence-electron chi connectivity index (χ2n) is 4.71. The molecule has 1 unspecified atom stereocenters. The molecule has 4 nitrogen and oxygen atoms in total. The van der Waals surface area contributed by atoms with E-state index in [4.69, 9.17) is 5.26 Å². The number of nitrogens with one attached hydrogen (secondary N) is 1. The summed E-state index contributed by atoms with van der Waals surface area (Å²) in [5.41, 5.74) is 2.49. The van der Waals surface area contributed by atoms with Gasteiger partial charge in [-0.25, -0.2) is 4.98 Å². The Balaban J connectivity index is 2.10. The third-order valence-electron chi connectivity index (χ3n) is 2.98. The molecule has 4 heteroatoms. The fraction of sp³-hybridized carbons (Fsp3) is 0.250. The van der Waals surface area contributed by atoms with E-state index in [9.17, 15) is 5.11 Å². The zero-order valence-electron chi connectivity index (χ0n) is 11.4. The highest BCUT2D eigenvalue weighted by atomic mass is 16.3. The van der Waals surface area contributed by atoms with Gasteiger partial charge in [0.2, 0.25) is 0 Å². The lowest BCUT2D eigenvalue weighted by atomic mass is 10.1. The molecule has 2 rings (SSSR count). The second kappa shape index (κ2) is 6.69. The topological polar surface area (TPSA) is 68.9 Å². The maximum absolute atomic E-state index is 9.49. The minimum atomic E-state index is -0.127. The Hall–Kier alpha value is -2.38. The molecule has 0 saturated heterocycles. The van der Waals surface area contributed by atoms with Gasteiger partial charge >= 0.3 is 0 Å². The quantitative estimate of drug-likeness (QED) is 0.872. The van der Waals surface area contributed by atoms with Gasteiger partial charge in [-0.1, -0.05) is 30.3 Å². The summed E-state index contributed by atoms with van der Waals surface area (Å²) in [7, 11) is 0. The summed E-state index contributed by atoms with van der Waals surface area (Å²) in [6, 6.07) is 15.4. The summed E-state index contributed by atoms with van der Waals surface area (Å²) < 4.78 is 0. The van der Waals surface area contributed by atoms with Crippen molar-refractivity contribution >= 4 is 5.82 Å². The van der Waals surface area contributed by atoms with E-state index in [1.807, 2.05) is 37.3 Å². The molecule has 2 aromatic rings. The van der Waals surface area contributed by atoms with E-state index in [-0.39, 0.29) is 12.6 Å². The van der Waals surface area contributed by atoms with Crippen LogP contribution in [0.15, 0.2) is 42.5 Å². The first-order chi connectivity index (χ1) is 9.71. The van der Waals surface area contributed by atoms with Crippen LogP contribution in [-0.2, 0) is 6.42 Å². The van der Waals surface area contributed by atoms with Crippen LogP contribution in [0.2, 0.25) is 0 Å². The first kappa shape index (κ1) is 14.0. The van der Waals surface area contributed by atoms with Crippen molar-refractivity contribution in [3.8, 4) is 6.07 Å². The molecule has 0 spiro atoms. The van der Waals surface area contributed by atoms with Crippen LogP contribution in [-0.4, -0.2) is 22.7 Å². The summed E-state index contributed by atoms with van der Waals surface area (Å²) in [6.07, 6.45) is 0.703. The molecular weight excluding hydrogens is 250 g/mol. The molecule has 0 saturated carbocycles. The summed E-state index contributed by atoms with van der Waals surface area (Å²) in [6.45, 7) is 1.85. The summed E-state index contributed by atoms with van der Waals surface area (Å²) >= 11 is 0. The van der Waals surface area contributed by atoms with Crippen LogP contribution in [0.4, 0.5) is 5.82 Å². The standard InChI is InChI=1S/C16H17N3O/c1-12-7-14(10-17)9-16(18-12)19-15(11-20)8-13-5-3-2-4-6-13/h2-7,9,15,20H,8,11H2,1H3,(H,18,19). The Labute approximate surface area is 118 Å². The van der Waals surface area contributed by atoms with Crippen LogP contribution in [0.25, 0.3) is 0 Å². The number of hydrogen-bond acceptors (Lipinski definition) is 4. The highest BCUT2D eigenvalue weighted by molar-refractivity contribution is 5.45. The van der Waals surface area contributed by atoms with E-state index in [1.54, 1.807) is 12.1 Å². The van der Waals surface area contributed by atoms with Crippen molar-refractivity contribution in [1.29, 1.82) is 5.26 Å². The van der Waals surface area contributed by atoms with Gasteiger partial charge < -0.3 is 10.4 Å². The average Bonchev–Trinajstić information content (AvgIpc) is 2.47. The lowest BCUT2D eigenvalue weighted by Crippen LogP contribution is -2.27. The monoisotopic (exact) mass is 267 g/mol. The largest absolute Gasteiger partial charge is 0.394 e. The Morgan fingerprint density at radius 3 is 2.70 bits per heavy atom. The molecule has 0 amide bonds. The number of aromatic nitrogens is 1. The van der Waals surface area contributed by atoms with Crippen molar-refractivity contribution in [1.82, 2.24) is 4.98 Å². The van der Waals surface area contributed by atoms with E-state index in [0.29, 0.717) is 17.8 Å². The molecule has 1 heterocycles. The molecule has 102 valence electrons. The number of nitriles is 1. The number of nitrogens with zero attached hydrogens (tertiary/aromatic N) is 2. The van der Waals surface area contributed by atoms with Gasteiger partial charge in [0, 0.05) is 5.69 Å². The Kier molecular flexibility index (Phi) is 4.70. The molecule has 0 aliphatic heterocycles. The van der Waals surface area contributed by atoms with Crippen LogP contribution in [0.3, 0.4) is 0 Å². The molecule has 0 fully saturated rings. The molecule has 0 bridgehead atoms. The number of aliphatic hydroxyl groups is 1. The van der Waals surface area contributed by atoms with Gasteiger partial charge in [0.1, 0.15) is 5.82 Å². The fourth-order valence-corrected chi connectivity index (χ4v) is 2.08. The first-order valence-electron chi connectivity index (χ1n) is 6.51.